The van der Waals surface area contributed by atoms with E-state index >= 15 is 0 Å². The molecule has 9 nitrogen and oxygen atoms in total. The predicted octanol–water partition coefficient (Wildman–Crippen LogP) is 4.95. The molecule has 36 heavy (non-hydrogen) atoms. The van der Waals surface area contributed by atoms with Gasteiger partial charge in [-0.1, -0.05) is 71.4 Å². The summed E-state index contributed by atoms with van der Waals surface area (Å²) in [4.78, 5) is 37.1. The molecule has 0 amide bonds. The van der Waals surface area contributed by atoms with Gasteiger partial charge in [-0.05, 0) is 33.1 Å². The summed E-state index contributed by atoms with van der Waals surface area (Å²) >= 11 is 0. The maximum absolute atomic E-state index is 13.1. The molecular weight excluding hydrogens is 488 g/mol. The maximum Gasteiger partial charge on any atom is 0.333 e. The smallest absolute Gasteiger partial charge is 0.333 e. The topological polar surface area (TPSA) is 133 Å². The minimum atomic E-state index is -3.88. The predicted molar refractivity (Wildman–Crippen MR) is 138 cm³/mol. The van der Waals surface area contributed by atoms with E-state index in [0.717, 1.165) is 44.9 Å². The van der Waals surface area contributed by atoms with Crippen molar-refractivity contribution in [2.45, 2.75) is 91.4 Å². The number of carbonyl (C=O) groups excluding carboxylic acids is 3. The Labute approximate surface area is 216 Å². The SMILES string of the molecule is C=C(C)C(=O)OCC(CCCC)(COC(=O)C(=C)C)C(=O)OCCCCCCCCCCS(=O)(=O)O. The van der Waals surface area contributed by atoms with E-state index in [0.29, 0.717) is 25.7 Å². The summed E-state index contributed by atoms with van der Waals surface area (Å²) in [5.41, 5.74) is -0.913. The molecule has 0 aliphatic rings. The molecule has 10 heteroatoms. The Morgan fingerprint density at radius 1 is 0.750 bits per heavy atom. The lowest BCUT2D eigenvalue weighted by atomic mass is 9.84. The second kappa shape index (κ2) is 18.1. The molecule has 0 aromatic heterocycles. The van der Waals surface area contributed by atoms with Crippen LogP contribution in [0.5, 0.6) is 0 Å². The Bertz CT molecular complexity index is 800. The monoisotopic (exact) mass is 532 g/mol. The van der Waals surface area contributed by atoms with Crippen LogP contribution >= 0.6 is 0 Å². The molecule has 0 atom stereocenters. The van der Waals surface area contributed by atoms with E-state index in [4.69, 9.17) is 18.8 Å². The lowest BCUT2D eigenvalue weighted by Crippen LogP contribution is -2.43. The van der Waals surface area contributed by atoms with Crippen molar-refractivity contribution in [1.29, 1.82) is 0 Å². The van der Waals surface area contributed by atoms with Gasteiger partial charge in [0, 0.05) is 11.1 Å². The third-order valence-corrected chi connectivity index (χ3v) is 6.43. The highest BCUT2D eigenvalue weighted by molar-refractivity contribution is 7.85. The number of esters is 3. The molecule has 0 bridgehead atoms. The van der Waals surface area contributed by atoms with Gasteiger partial charge < -0.3 is 14.2 Å². The van der Waals surface area contributed by atoms with E-state index in [9.17, 15) is 22.8 Å². The minimum absolute atomic E-state index is 0.198. The molecule has 0 heterocycles. The van der Waals surface area contributed by atoms with E-state index in [1.807, 2.05) is 6.92 Å². The molecule has 0 aliphatic carbocycles. The highest BCUT2D eigenvalue weighted by Gasteiger charge is 2.43. The second-order valence-electron chi connectivity index (χ2n) is 9.35. The third-order valence-electron chi connectivity index (χ3n) is 5.63. The summed E-state index contributed by atoms with van der Waals surface area (Å²) < 4.78 is 46.2. The van der Waals surface area contributed by atoms with Gasteiger partial charge in [0.2, 0.25) is 0 Å². The van der Waals surface area contributed by atoms with Crippen molar-refractivity contribution >= 4 is 28.0 Å². The van der Waals surface area contributed by atoms with Gasteiger partial charge in [0.1, 0.15) is 18.6 Å². The van der Waals surface area contributed by atoms with E-state index in [-0.39, 0.29) is 36.7 Å². The number of carbonyl (C=O) groups is 3. The Morgan fingerprint density at radius 3 is 1.61 bits per heavy atom. The van der Waals surface area contributed by atoms with E-state index in [1.165, 1.54) is 13.8 Å². The molecule has 0 aromatic rings. The summed E-state index contributed by atoms with van der Waals surface area (Å²) in [6.45, 7) is 11.7. The molecular formula is C26H44O9S. The van der Waals surface area contributed by atoms with Crippen molar-refractivity contribution < 1.29 is 41.6 Å². The van der Waals surface area contributed by atoms with Gasteiger partial charge in [0.25, 0.3) is 10.1 Å². The Kier molecular flexibility index (Phi) is 17.0. The van der Waals surface area contributed by atoms with E-state index < -0.39 is 33.4 Å². The zero-order chi connectivity index (χ0) is 27.6. The summed E-state index contributed by atoms with van der Waals surface area (Å²) in [5, 5.41) is 0. The lowest BCUT2D eigenvalue weighted by Gasteiger charge is -2.30. The molecule has 0 unspecified atom stereocenters. The zero-order valence-electron chi connectivity index (χ0n) is 22.1. The maximum atomic E-state index is 13.1. The van der Waals surface area contributed by atoms with Crippen molar-refractivity contribution in [2.75, 3.05) is 25.6 Å². The second-order valence-corrected chi connectivity index (χ2v) is 10.9. The summed E-state index contributed by atoms with van der Waals surface area (Å²) in [5.74, 6) is -2.03. The van der Waals surface area contributed by atoms with Gasteiger partial charge in [0.05, 0.1) is 12.4 Å². The summed E-state index contributed by atoms with van der Waals surface area (Å²) in [7, 11) is -3.88. The standard InChI is InChI=1S/C26H44O9S/c1-6-7-16-26(19-34-23(27)21(2)3,20-35-24(28)22(4)5)25(29)33-17-14-12-10-8-9-11-13-15-18-36(30,31)32/h2,4,6-20H2,1,3,5H3,(H,30,31,32). The quantitative estimate of drug-likeness (QED) is 0.0716. The van der Waals surface area contributed by atoms with Gasteiger partial charge >= 0.3 is 17.9 Å². The molecule has 0 aliphatic heterocycles. The number of rotatable bonds is 21. The largest absolute Gasteiger partial charge is 0.465 e. The zero-order valence-corrected chi connectivity index (χ0v) is 23.0. The fourth-order valence-corrected chi connectivity index (χ4v) is 3.91. The van der Waals surface area contributed by atoms with Crippen LogP contribution in [0, 0.1) is 5.41 Å². The van der Waals surface area contributed by atoms with Crippen LogP contribution in [0.2, 0.25) is 0 Å². The number of hydrogen-bond donors (Lipinski definition) is 1. The van der Waals surface area contributed by atoms with Crippen LogP contribution in [0.15, 0.2) is 24.3 Å². The average molecular weight is 533 g/mol. The van der Waals surface area contributed by atoms with Crippen LogP contribution in [0.25, 0.3) is 0 Å². The summed E-state index contributed by atoms with van der Waals surface area (Å²) in [6, 6.07) is 0. The minimum Gasteiger partial charge on any atom is -0.465 e. The number of hydrogen-bond acceptors (Lipinski definition) is 8. The first-order valence-electron chi connectivity index (χ1n) is 12.6. The molecule has 0 radical (unpaired) electrons. The molecule has 0 rings (SSSR count). The van der Waals surface area contributed by atoms with Gasteiger partial charge in [-0.15, -0.1) is 0 Å². The van der Waals surface area contributed by atoms with E-state index in [2.05, 4.69) is 13.2 Å². The Morgan fingerprint density at radius 2 is 1.19 bits per heavy atom. The van der Waals surface area contributed by atoms with Gasteiger partial charge in [-0.3, -0.25) is 9.35 Å². The first-order valence-corrected chi connectivity index (χ1v) is 14.2. The molecule has 0 spiro atoms. The van der Waals surface area contributed by atoms with Crippen molar-refractivity contribution in [3.63, 3.8) is 0 Å². The first kappa shape index (κ1) is 33.8. The van der Waals surface area contributed by atoms with Crippen LogP contribution < -0.4 is 0 Å². The van der Waals surface area contributed by atoms with E-state index in [1.54, 1.807) is 0 Å². The van der Waals surface area contributed by atoms with Crippen LogP contribution in [-0.4, -0.2) is 56.5 Å². The van der Waals surface area contributed by atoms with Crippen molar-refractivity contribution in [2.24, 2.45) is 5.41 Å². The fraction of sp³-hybridized carbons (Fsp3) is 0.731. The van der Waals surface area contributed by atoms with Gasteiger partial charge in [-0.25, -0.2) is 9.59 Å². The van der Waals surface area contributed by atoms with Crippen LogP contribution in [0.1, 0.15) is 91.4 Å². The Balaban J connectivity index is 4.74. The molecule has 1 N–H and O–H groups in total. The van der Waals surface area contributed by atoms with Gasteiger partial charge in [-0.2, -0.15) is 8.42 Å². The Hall–Kier alpha value is -2.20. The average Bonchev–Trinajstić information content (AvgIpc) is 2.80. The highest BCUT2D eigenvalue weighted by atomic mass is 32.2. The first-order chi connectivity index (χ1) is 16.8. The molecule has 0 saturated heterocycles. The fourth-order valence-electron chi connectivity index (χ4n) is 3.34. The number of unbranched alkanes of at least 4 members (excludes halogenated alkanes) is 8. The van der Waals surface area contributed by atoms with Crippen LogP contribution in [-0.2, 0) is 38.7 Å². The van der Waals surface area contributed by atoms with Crippen LogP contribution in [0.3, 0.4) is 0 Å². The van der Waals surface area contributed by atoms with Crippen molar-refractivity contribution in [3.05, 3.63) is 24.3 Å². The molecule has 208 valence electrons. The molecule has 0 fully saturated rings. The summed E-state index contributed by atoms with van der Waals surface area (Å²) in [6.07, 6.45) is 8.28. The highest BCUT2D eigenvalue weighted by Crippen LogP contribution is 2.29. The third kappa shape index (κ3) is 15.7. The van der Waals surface area contributed by atoms with Crippen LogP contribution in [0.4, 0.5) is 0 Å². The normalized spacial score (nSPS) is 11.6. The number of ether oxygens (including phenoxy) is 3. The van der Waals surface area contributed by atoms with Gasteiger partial charge in [0.15, 0.2) is 0 Å². The van der Waals surface area contributed by atoms with Crippen molar-refractivity contribution in [1.82, 2.24) is 0 Å². The molecule has 0 aromatic carbocycles. The van der Waals surface area contributed by atoms with Crippen molar-refractivity contribution in [3.8, 4) is 0 Å². The lowest BCUT2D eigenvalue weighted by molar-refractivity contribution is -0.171. The molecule has 0 saturated carbocycles.